The smallest absolute Gasteiger partial charge is 0.191 e. The first-order valence-corrected chi connectivity index (χ1v) is 8.95. The van der Waals surface area contributed by atoms with Crippen molar-refractivity contribution in [3.63, 3.8) is 0 Å². The molecule has 0 saturated carbocycles. The fourth-order valence-corrected chi connectivity index (χ4v) is 3.35. The van der Waals surface area contributed by atoms with Gasteiger partial charge >= 0.3 is 0 Å². The molecule has 3 saturated heterocycles. The van der Waals surface area contributed by atoms with E-state index >= 15 is 0 Å². The third-order valence-electron chi connectivity index (χ3n) is 4.91. The quantitative estimate of drug-likeness (QED) is 0.553. The molecule has 2 N–H and O–H groups in total. The lowest BCUT2D eigenvalue weighted by Crippen LogP contribution is -2.63. The van der Waals surface area contributed by atoms with Crippen LogP contribution in [0.1, 0.15) is 27.7 Å². The minimum Gasteiger partial charge on any atom is -0.379 e. The van der Waals surface area contributed by atoms with Gasteiger partial charge in [0.25, 0.3) is 0 Å². The van der Waals surface area contributed by atoms with Gasteiger partial charge in [-0.25, -0.2) is 0 Å². The highest BCUT2D eigenvalue weighted by atomic mass is 16.5. The standard InChI is InChI=1S/C17H35N5O/c1-6-18-16(20-12-15(23-5)17(2,3)4)19-11-14-13-21-7-9-22(14)10-8-21/h14-15H,6-13H2,1-5H3,(H2,18,19,20). The van der Waals surface area contributed by atoms with E-state index < -0.39 is 0 Å². The Labute approximate surface area is 141 Å². The van der Waals surface area contributed by atoms with E-state index in [0.717, 1.165) is 19.0 Å². The second kappa shape index (κ2) is 8.31. The zero-order chi connectivity index (χ0) is 16.9. The maximum Gasteiger partial charge on any atom is 0.191 e. The van der Waals surface area contributed by atoms with Crippen molar-refractivity contribution in [1.29, 1.82) is 0 Å². The molecule has 2 bridgehead atoms. The van der Waals surface area contributed by atoms with Crippen molar-refractivity contribution in [3.05, 3.63) is 0 Å². The lowest BCUT2D eigenvalue weighted by atomic mass is 9.89. The van der Waals surface area contributed by atoms with Crippen molar-refractivity contribution in [3.8, 4) is 0 Å². The molecule has 0 amide bonds. The third kappa shape index (κ3) is 5.33. The van der Waals surface area contributed by atoms with Crippen LogP contribution in [0.4, 0.5) is 0 Å². The largest absolute Gasteiger partial charge is 0.379 e. The molecule has 6 heteroatoms. The van der Waals surface area contributed by atoms with Gasteiger partial charge in [0.15, 0.2) is 5.96 Å². The topological polar surface area (TPSA) is 52.1 Å². The summed E-state index contributed by atoms with van der Waals surface area (Å²) in [4.78, 5) is 9.90. The van der Waals surface area contributed by atoms with Gasteiger partial charge in [-0.15, -0.1) is 0 Å². The highest BCUT2D eigenvalue weighted by Gasteiger charge is 2.31. The molecule has 0 aromatic carbocycles. The molecule has 0 aromatic rings. The van der Waals surface area contributed by atoms with E-state index in [1.807, 2.05) is 0 Å². The zero-order valence-corrected chi connectivity index (χ0v) is 15.6. The van der Waals surface area contributed by atoms with E-state index in [1.165, 1.54) is 32.7 Å². The normalized spacial score (nSPS) is 29.4. The van der Waals surface area contributed by atoms with Gasteiger partial charge in [0.1, 0.15) is 0 Å². The van der Waals surface area contributed by atoms with Crippen LogP contribution in [0.15, 0.2) is 4.99 Å². The molecule has 3 aliphatic heterocycles. The third-order valence-corrected chi connectivity index (χ3v) is 4.91. The molecule has 0 spiro atoms. The average molecular weight is 326 g/mol. The number of hydrogen-bond donors (Lipinski definition) is 2. The molecule has 2 unspecified atom stereocenters. The number of ether oxygens (including phenoxy) is 1. The number of piperazine rings is 3. The predicted molar refractivity (Wildman–Crippen MR) is 96.0 cm³/mol. The molecule has 23 heavy (non-hydrogen) atoms. The summed E-state index contributed by atoms with van der Waals surface area (Å²) < 4.78 is 5.60. The van der Waals surface area contributed by atoms with E-state index in [-0.39, 0.29) is 11.5 Å². The summed E-state index contributed by atoms with van der Waals surface area (Å²) in [5, 5.41) is 6.87. The van der Waals surface area contributed by atoms with E-state index in [0.29, 0.717) is 12.6 Å². The molecular formula is C17H35N5O. The molecule has 134 valence electrons. The van der Waals surface area contributed by atoms with Gasteiger partial charge in [-0.05, 0) is 12.3 Å². The highest BCUT2D eigenvalue weighted by Crippen LogP contribution is 2.21. The highest BCUT2D eigenvalue weighted by molar-refractivity contribution is 5.79. The van der Waals surface area contributed by atoms with Gasteiger partial charge in [-0.1, -0.05) is 20.8 Å². The molecule has 3 aliphatic rings. The zero-order valence-electron chi connectivity index (χ0n) is 15.6. The van der Waals surface area contributed by atoms with Gasteiger partial charge < -0.3 is 15.4 Å². The summed E-state index contributed by atoms with van der Waals surface area (Å²) in [6.45, 7) is 17.2. The number of methoxy groups -OCH3 is 1. The lowest BCUT2D eigenvalue weighted by molar-refractivity contribution is 0.0152. The summed E-state index contributed by atoms with van der Waals surface area (Å²) in [5.41, 5.74) is 0.0943. The van der Waals surface area contributed by atoms with Crippen LogP contribution in [-0.4, -0.2) is 87.4 Å². The second-order valence-corrected chi connectivity index (χ2v) is 7.68. The number of hydrogen-bond acceptors (Lipinski definition) is 4. The molecular weight excluding hydrogens is 290 g/mol. The fourth-order valence-electron chi connectivity index (χ4n) is 3.35. The molecule has 0 radical (unpaired) electrons. The first-order chi connectivity index (χ1) is 10.9. The van der Waals surface area contributed by atoms with Crippen LogP contribution in [0, 0.1) is 5.41 Å². The SMILES string of the molecule is CCNC(=NCC(OC)C(C)(C)C)NCC1CN2CCN1CC2. The van der Waals surface area contributed by atoms with Crippen LogP contribution < -0.4 is 10.6 Å². The predicted octanol–water partition coefficient (Wildman–Crippen LogP) is 0.602. The Morgan fingerprint density at radius 1 is 1.22 bits per heavy atom. The molecule has 3 fully saturated rings. The summed E-state index contributed by atoms with van der Waals surface area (Å²) in [6, 6.07) is 0.599. The number of aliphatic imine (C=N–C) groups is 1. The van der Waals surface area contributed by atoms with Gasteiger partial charge in [-0.3, -0.25) is 14.8 Å². The van der Waals surface area contributed by atoms with Crippen LogP contribution in [0.2, 0.25) is 0 Å². The number of nitrogens with zero attached hydrogens (tertiary/aromatic N) is 3. The van der Waals surface area contributed by atoms with Crippen LogP contribution in [-0.2, 0) is 4.74 Å². The summed E-state index contributed by atoms with van der Waals surface area (Å²) >= 11 is 0. The number of nitrogens with one attached hydrogen (secondary N) is 2. The fraction of sp³-hybridized carbons (Fsp3) is 0.941. The van der Waals surface area contributed by atoms with E-state index in [4.69, 9.17) is 9.73 Å². The molecule has 3 rings (SSSR count). The Morgan fingerprint density at radius 2 is 1.91 bits per heavy atom. The summed E-state index contributed by atoms with van der Waals surface area (Å²) in [5.74, 6) is 0.899. The maximum absolute atomic E-state index is 5.60. The molecule has 6 nitrogen and oxygen atoms in total. The molecule has 3 heterocycles. The Balaban J connectivity index is 1.86. The van der Waals surface area contributed by atoms with Gasteiger partial charge in [0.05, 0.1) is 12.6 Å². The first kappa shape index (κ1) is 18.5. The van der Waals surface area contributed by atoms with Gasteiger partial charge in [0.2, 0.25) is 0 Å². The van der Waals surface area contributed by atoms with Crippen molar-refractivity contribution in [2.45, 2.75) is 39.8 Å². The van der Waals surface area contributed by atoms with Gasteiger partial charge in [-0.2, -0.15) is 0 Å². The van der Waals surface area contributed by atoms with Crippen molar-refractivity contribution in [2.24, 2.45) is 10.4 Å². The van der Waals surface area contributed by atoms with Crippen molar-refractivity contribution in [1.82, 2.24) is 20.4 Å². The van der Waals surface area contributed by atoms with Crippen molar-refractivity contribution in [2.75, 3.05) is 59.5 Å². The Hall–Kier alpha value is -0.850. The Morgan fingerprint density at radius 3 is 2.39 bits per heavy atom. The monoisotopic (exact) mass is 325 g/mol. The Kier molecular flexibility index (Phi) is 6.68. The van der Waals surface area contributed by atoms with E-state index in [1.54, 1.807) is 7.11 Å². The number of rotatable bonds is 6. The molecule has 0 aliphatic carbocycles. The van der Waals surface area contributed by atoms with Crippen LogP contribution in [0.25, 0.3) is 0 Å². The summed E-state index contributed by atoms with van der Waals surface area (Å²) in [6.07, 6.45) is 0.124. The van der Waals surface area contributed by atoms with Gasteiger partial charge in [0, 0.05) is 59.0 Å². The summed E-state index contributed by atoms with van der Waals surface area (Å²) in [7, 11) is 1.77. The van der Waals surface area contributed by atoms with E-state index in [2.05, 4.69) is 48.1 Å². The molecule has 2 atom stereocenters. The van der Waals surface area contributed by atoms with Crippen molar-refractivity contribution >= 4 is 5.96 Å². The van der Waals surface area contributed by atoms with Crippen LogP contribution in [0.3, 0.4) is 0 Å². The maximum atomic E-state index is 5.60. The second-order valence-electron chi connectivity index (χ2n) is 7.68. The number of guanidine groups is 1. The number of fused-ring (bicyclic) bond motifs is 3. The van der Waals surface area contributed by atoms with Crippen LogP contribution >= 0.6 is 0 Å². The van der Waals surface area contributed by atoms with Crippen LogP contribution in [0.5, 0.6) is 0 Å². The average Bonchev–Trinajstić information content (AvgIpc) is 2.53. The van der Waals surface area contributed by atoms with E-state index in [9.17, 15) is 0 Å². The first-order valence-electron chi connectivity index (χ1n) is 8.95. The minimum absolute atomic E-state index is 0.0943. The lowest BCUT2D eigenvalue weighted by Gasteiger charge is -2.47. The Bertz CT molecular complexity index is 385. The minimum atomic E-state index is 0.0943. The molecule has 0 aromatic heterocycles. The van der Waals surface area contributed by atoms with Crippen molar-refractivity contribution < 1.29 is 4.74 Å².